The lowest BCUT2D eigenvalue weighted by molar-refractivity contribution is -0.152. The molecule has 0 aliphatic carbocycles. The van der Waals surface area contributed by atoms with Crippen LogP contribution in [0.25, 0.3) is 0 Å². The number of ether oxygens (including phenoxy) is 1. The van der Waals surface area contributed by atoms with Gasteiger partial charge >= 0.3 is 6.18 Å². The fourth-order valence-corrected chi connectivity index (χ4v) is 3.51. The van der Waals surface area contributed by atoms with Gasteiger partial charge in [0.2, 0.25) is 0 Å². The number of piperidine rings is 1. The molecule has 0 saturated carbocycles. The second-order valence-electron chi connectivity index (χ2n) is 6.45. The zero-order valence-electron chi connectivity index (χ0n) is 13.6. The lowest BCUT2D eigenvalue weighted by Crippen LogP contribution is -2.49. The van der Waals surface area contributed by atoms with E-state index in [4.69, 9.17) is 4.74 Å². The highest BCUT2D eigenvalue weighted by atomic mass is 19.4. The minimum absolute atomic E-state index is 0.0592. The predicted molar refractivity (Wildman–Crippen MR) is 85.7 cm³/mol. The number of H-pyrrole nitrogens is 1. The van der Waals surface area contributed by atoms with Crippen LogP contribution in [-0.2, 0) is 4.74 Å². The molecular formula is C16H22F3N3O2. The minimum atomic E-state index is -4.31. The molecule has 8 heteroatoms. The first-order valence-corrected chi connectivity index (χ1v) is 8.28. The van der Waals surface area contributed by atoms with Gasteiger partial charge in [-0.15, -0.1) is 0 Å². The van der Waals surface area contributed by atoms with Crippen LogP contribution in [0.3, 0.4) is 0 Å². The van der Waals surface area contributed by atoms with E-state index in [9.17, 15) is 18.0 Å². The molecule has 2 saturated heterocycles. The van der Waals surface area contributed by atoms with Crippen molar-refractivity contribution < 1.29 is 17.9 Å². The third kappa shape index (κ3) is 3.53. The van der Waals surface area contributed by atoms with Gasteiger partial charge < -0.3 is 19.5 Å². The summed E-state index contributed by atoms with van der Waals surface area (Å²) in [7, 11) is 0. The number of nitrogens with one attached hydrogen (secondary N) is 1. The predicted octanol–water partition coefficient (Wildman–Crippen LogP) is 2.52. The summed E-state index contributed by atoms with van der Waals surface area (Å²) in [5.41, 5.74) is 0.267. The van der Waals surface area contributed by atoms with Crippen LogP contribution in [0.4, 0.5) is 24.7 Å². The zero-order valence-corrected chi connectivity index (χ0v) is 13.6. The van der Waals surface area contributed by atoms with Crippen molar-refractivity contribution in [3.05, 3.63) is 22.5 Å². The van der Waals surface area contributed by atoms with E-state index >= 15 is 0 Å². The summed E-state index contributed by atoms with van der Waals surface area (Å²) in [4.78, 5) is 17.9. The maximum atomic E-state index is 13.3. The molecule has 3 rings (SSSR count). The molecule has 0 spiro atoms. The molecule has 24 heavy (non-hydrogen) atoms. The Hall–Kier alpha value is -1.70. The Kier molecular flexibility index (Phi) is 4.76. The summed E-state index contributed by atoms with van der Waals surface area (Å²) < 4.78 is 45.4. The average Bonchev–Trinajstić information content (AvgIpc) is 2.54. The molecule has 1 N–H and O–H groups in total. The quantitative estimate of drug-likeness (QED) is 0.895. The highest BCUT2D eigenvalue weighted by Crippen LogP contribution is 2.35. The van der Waals surface area contributed by atoms with Crippen molar-refractivity contribution in [1.29, 1.82) is 0 Å². The van der Waals surface area contributed by atoms with Crippen molar-refractivity contribution in [2.45, 2.75) is 44.4 Å². The largest absolute Gasteiger partial charge is 0.408 e. The molecule has 2 atom stereocenters. The number of pyridine rings is 1. The fraction of sp³-hybridized carbons (Fsp3) is 0.688. The molecular weight excluding hydrogens is 323 g/mol. The summed E-state index contributed by atoms with van der Waals surface area (Å²) in [6.45, 7) is 3.97. The van der Waals surface area contributed by atoms with E-state index in [-0.39, 0.29) is 23.8 Å². The molecule has 134 valence electrons. The number of morpholine rings is 1. The third-order valence-corrected chi connectivity index (χ3v) is 4.70. The topological polar surface area (TPSA) is 48.6 Å². The van der Waals surface area contributed by atoms with Crippen LogP contribution >= 0.6 is 0 Å². The number of alkyl halides is 3. The first kappa shape index (κ1) is 17.1. The SMILES string of the molecule is CC1COCCN1c1cc(N2CCCCC2C(F)(F)F)[nH]c(=O)c1. The first-order valence-electron chi connectivity index (χ1n) is 8.28. The summed E-state index contributed by atoms with van der Waals surface area (Å²) >= 11 is 0. The van der Waals surface area contributed by atoms with Gasteiger partial charge in [0.25, 0.3) is 5.56 Å². The van der Waals surface area contributed by atoms with Crippen LogP contribution in [-0.4, -0.2) is 49.5 Å². The number of hydrogen-bond donors (Lipinski definition) is 1. The summed E-state index contributed by atoms with van der Waals surface area (Å²) in [5.74, 6) is 0.248. The van der Waals surface area contributed by atoms with Crippen LogP contribution in [0.5, 0.6) is 0 Å². The van der Waals surface area contributed by atoms with Crippen LogP contribution < -0.4 is 15.4 Å². The Labute approximate surface area is 138 Å². The molecule has 0 aromatic carbocycles. The van der Waals surface area contributed by atoms with Gasteiger partial charge in [0.1, 0.15) is 11.9 Å². The fourth-order valence-electron chi connectivity index (χ4n) is 3.51. The Bertz CT molecular complexity index is 632. The molecule has 2 fully saturated rings. The van der Waals surface area contributed by atoms with E-state index in [0.717, 1.165) is 0 Å². The highest BCUT2D eigenvalue weighted by Gasteiger charge is 2.45. The van der Waals surface area contributed by atoms with Crippen molar-refractivity contribution >= 4 is 11.5 Å². The molecule has 2 aliphatic heterocycles. The van der Waals surface area contributed by atoms with Crippen molar-refractivity contribution in [2.75, 3.05) is 36.1 Å². The number of aromatic amines is 1. The van der Waals surface area contributed by atoms with Gasteiger partial charge in [-0.1, -0.05) is 0 Å². The number of nitrogens with zero attached hydrogens (tertiary/aromatic N) is 2. The number of anilines is 2. The van der Waals surface area contributed by atoms with Crippen LogP contribution in [0, 0.1) is 0 Å². The molecule has 1 aromatic heterocycles. The average molecular weight is 345 g/mol. The monoisotopic (exact) mass is 345 g/mol. The van der Waals surface area contributed by atoms with Gasteiger partial charge in [0, 0.05) is 37.0 Å². The van der Waals surface area contributed by atoms with Gasteiger partial charge in [-0.05, 0) is 26.2 Å². The van der Waals surface area contributed by atoms with Crippen LogP contribution in [0.1, 0.15) is 26.2 Å². The molecule has 0 amide bonds. The van der Waals surface area contributed by atoms with E-state index in [2.05, 4.69) is 4.98 Å². The standard InChI is InChI=1S/C16H22F3N3O2/c1-11-10-24-7-6-21(11)12-8-14(20-15(23)9-12)22-5-3-2-4-13(22)16(17,18)19/h8-9,11,13H,2-7,10H2,1H3,(H,20,23). The Morgan fingerprint density at radius 1 is 1.21 bits per heavy atom. The van der Waals surface area contributed by atoms with Crippen LogP contribution in [0.15, 0.2) is 16.9 Å². The summed E-state index contributed by atoms with van der Waals surface area (Å²) in [5, 5.41) is 0. The van der Waals surface area contributed by atoms with Crippen molar-refractivity contribution in [3.8, 4) is 0 Å². The molecule has 0 bridgehead atoms. The summed E-state index contributed by atoms with van der Waals surface area (Å²) in [6, 6.07) is 1.64. The van der Waals surface area contributed by atoms with Crippen molar-refractivity contribution in [1.82, 2.24) is 4.98 Å². The molecule has 1 aromatic rings. The maximum absolute atomic E-state index is 13.3. The molecule has 2 unspecified atom stereocenters. The van der Waals surface area contributed by atoms with E-state index in [1.165, 1.54) is 11.0 Å². The summed E-state index contributed by atoms with van der Waals surface area (Å²) in [6.07, 6.45) is -3.01. The van der Waals surface area contributed by atoms with E-state index in [0.29, 0.717) is 44.8 Å². The van der Waals surface area contributed by atoms with E-state index in [1.807, 2.05) is 11.8 Å². The zero-order chi connectivity index (χ0) is 17.3. The van der Waals surface area contributed by atoms with Crippen molar-refractivity contribution in [3.63, 3.8) is 0 Å². The van der Waals surface area contributed by atoms with Gasteiger partial charge in [0.15, 0.2) is 0 Å². The second kappa shape index (κ2) is 6.66. The molecule has 0 radical (unpaired) electrons. The minimum Gasteiger partial charge on any atom is -0.377 e. The van der Waals surface area contributed by atoms with Gasteiger partial charge in [-0.25, -0.2) is 0 Å². The lowest BCUT2D eigenvalue weighted by Gasteiger charge is -2.39. The number of halogens is 3. The number of rotatable bonds is 2. The van der Waals surface area contributed by atoms with Gasteiger partial charge in [-0.3, -0.25) is 4.79 Å². The van der Waals surface area contributed by atoms with Crippen LogP contribution in [0.2, 0.25) is 0 Å². The lowest BCUT2D eigenvalue weighted by atomic mass is 10.0. The number of aromatic nitrogens is 1. The highest BCUT2D eigenvalue weighted by molar-refractivity contribution is 5.56. The normalized spacial score (nSPS) is 25.8. The molecule has 5 nitrogen and oxygen atoms in total. The van der Waals surface area contributed by atoms with Gasteiger partial charge in [-0.2, -0.15) is 13.2 Å². The van der Waals surface area contributed by atoms with E-state index in [1.54, 1.807) is 6.07 Å². The Morgan fingerprint density at radius 2 is 2.00 bits per heavy atom. The third-order valence-electron chi connectivity index (χ3n) is 4.70. The van der Waals surface area contributed by atoms with Gasteiger partial charge in [0.05, 0.1) is 13.2 Å². The van der Waals surface area contributed by atoms with Crippen molar-refractivity contribution in [2.24, 2.45) is 0 Å². The molecule has 2 aliphatic rings. The Balaban J connectivity index is 1.94. The molecule has 3 heterocycles. The van der Waals surface area contributed by atoms with E-state index < -0.39 is 12.2 Å². The smallest absolute Gasteiger partial charge is 0.377 e. The Morgan fingerprint density at radius 3 is 2.71 bits per heavy atom. The second-order valence-corrected chi connectivity index (χ2v) is 6.45. The number of hydrogen-bond acceptors (Lipinski definition) is 4. The first-order chi connectivity index (χ1) is 11.4. The maximum Gasteiger partial charge on any atom is 0.408 e.